The van der Waals surface area contributed by atoms with Gasteiger partial charge in [-0.3, -0.25) is 4.90 Å². The topological polar surface area (TPSA) is 50.3 Å². The van der Waals surface area contributed by atoms with Gasteiger partial charge < -0.3 is 10.1 Å². The summed E-state index contributed by atoms with van der Waals surface area (Å²) in [5, 5.41) is 3.74. The van der Waals surface area contributed by atoms with E-state index in [0.29, 0.717) is 16.9 Å². The van der Waals surface area contributed by atoms with Crippen molar-refractivity contribution >= 4 is 29.2 Å². The van der Waals surface area contributed by atoms with Gasteiger partial charge in [0.05, 0.1) is 13.3 Å². The summed E-state index contributed by atoms with van der Waals surface area (Å²) in [6.07, 6.45) is 1.55. The van der Waals surface area contributed by atoms with Crippen LogP contribution in [0.25, 0.3) is 0 Å². The number of rotatable bonds is 5. The summed E-state index contributed by atoms with van der Waals surface area (Å²) in [6.45, 7) is 4.15. The summed E-state index contributed by atoms with van der Waals surface area (Å²) in [4.78, 5) is 10.6. The van der Waals surface area contributed by atoms with Crippen LogP contribution in [-0.2, 0) is 0 Å². The molecule has 0 saturated carbocycles. The van der Waals surface area contributed by atoms with E-state index < -0.39 is 0 Å². The van der Waals surface area contributed by atoms with Crippen molar-refractivity contribution < 1.29 is 4.74 Å². The van der Waals surface area contributed by atoms with Crippen LogP contribution in [0.4, 0.5) is 5.82 Å². The zero-order valence-electron chi connectivity index (χ0n) is 10.4. The second-order valence-corrected chi connectivity index (χ2v) is 5.57. The molecule has 1 fully saturated rings. The third-order valence-electron chi connectivity index (χ3n) is 2.73. The summed E-state index contributed by atoms with van der Waals surface area (Å²) in [7, 11) is 1.54. The van der Waals surface area contributed by atoms with Gasteiger partial charge in [-0.25, -0.2) is 4.98 Å². The molecule has 2 heterocycles. The fourth-order valence-corrected chi connectivity index (χ4v) is 2.87. The first-order valence-corrected chi connectivity index (χ1v) is 7.43. The third kappa shape index (κ3) is 3.90. The number of nitrogens with zero attached hydrogens (tertiary/aromatic N) is 3. The quantitative estimate of drug-likeness (QED) is 0.888. The zero-order chi connectivity index (χ0) is 12.8. The lowest BCUT2D eigenvalue weighted by atomic mass is 10.4. The Morgan fingerprint density at radius 3 is 3.00 bits per heavy atom. The highest BCUT2D eigenvalue weighted by Gasteiger charge is 2.10. The van der Waals surface area contributed by atoms with Crippen LogP contribution in [-0.4, -0.2) is 59.7 Å². The first-order valence-electron chi connectivity index (χ1n) is 5.90. The maximum atomic E-state index is 6.01. The summed E-state index contributed by atoms with van der Waals surface area (Å²) in [6, 6.07) is 0.330. The summed E-state index contributed by atoms with van der Waals surface area (Å²) in [5.41, 5.74) is 0. The monoisotopic (exact) mass is 288 g/mol. The summed E-state index contributed by atoms with van der Waals surface area (Å²) in [5.74, 6) is 3.08. The van der Waals surface area contributed by atoms with E-state index in [-0.39, 0.29) is 0 Å². The van der Waals surface area contributed by atoms with Crippen LogP contribution in [0.1, 0.15) is 0 Å². The van der Waals surface area contributed by atoms with Crippen molar-refractivity contribution in [3.8, 4) is 6.01 Å². The number of nitrogens with one attached hydrogen (secondary N) is 1. The SMILES string of the molecule is COc1ncc(Cl)c(NCCN2CCSCC2)n1. The molecule has 1 aromatic heterocycles. The molecule has 18 heavy (non-hydrogen) atoms. The van der Waals surface area contributed by atoms with Crippen molar-refractivity contribution in [3.05, 3.63) is 11.2 Å². The van der Waals surface area contributed by atoms with E-state index >= 15 is 0 Å². The summed E-state index contributed by atoms with van der Waals surface area (Å²) < 4.78 is 4.97. The fraction of sp³-hybridized carbons (Fsp3) is 0.636. The molecule has 1 aromatic rings. The molecule has 0 aromatic carbocycles. The Balaban J connectivity index is 1.81. The first kappa shape index (κ1) is 13.7. The molecular weight excluding hydrogens is 272 g/mol. The van der Waals surface area contributed by atoms with Crippen LogP contribution in [0.5, 0.6) is 6.01 Å². The maximum absolute atomic E-state index is 6.01. The highest BCUT2D eigenvalue weighted by Crippen LogP contribution is 2.19. The maximum Gasteiger partial charge on any atom is 0.318 e. The molecule has 1 aliphatic rings. The number of methoxy groups -OCH3 is 1. The Bertz CT molecular complexity index is 387. The number of anilines is 1. The minimum atomic E-state index is 0.330. The van der Waals surface area contributed by atoms with Gasteiger partial charge in [0.15, 0.2) is 5.82 Å². The minimum Gasteiger partial charge on any atom is -0.467 e. The molecular formula is C11H17ClN4OS. The van der Waals surface area contributed by atoms with Gasteiger partial charge in [-0.2, -0.15) is 16.7 Å². The molecule has 0 spiro atoms. The molecule has 2 rings (SSSR count). The molecule has 0 radical (unpaired) electrons. The Hall–Kier alpha value is -0.720. The van der Waals surface area contributed by atoms with Gasteiger partial charge in [0.2, 0.25) is 0 Å². The van der Waals surface area contributed by atoms with Gasteiger partial charge in [0.25, 0.3) is 0 Å². The molecule has 1 aliphatic heterocycles. The van der Waals surface area contributed by atoms with E-state index in [1.807, 2.05) is 11.8 Å². The average molecular weight is 289 g/mol. The Morgan fingerprint density at radius 2 is 2.28 bits per heavy atom. The van der Waals surface area contributed by atoms with Crippen LogP contribution >= 0.6 is 23.4 Å². The minimum absolute atomic E-state index is 0.330. The second-order valence-electron chi connectivity index (χ2n) is 3.93. The number of ether oxygens (including phenoxy) is 1. The van der Waals surface area contributed by atoms with E-state index in [0.717, 1.165) is 26.2 Å². The highest BCUT2D eigenvalue weighted by atomic mass is 35.5. The van der Waals surface area contributed by atoms with Gasteiger partial charge in [0.1, 0.15) is 5.02 Å². The van der Waals surface area contributed by atoms with Crippen molar-refractivity contribution in [2.75, 3.05) is 50.1 Å². The van der Waals surface area contributed by atoms with Crippen LogP contribution < -0.4 is 10.1 Å². The standard InChI is InChI=1S/C11H17ClN4OS/c1-17-11-14-8-9(12)10(15-11)13-2-3-16-4-6-18-7-5-16/h8H,2-7H2,1H3,(H,13,14,15). The molecule has 0 bridgehead atoms. The molecule has 1 N–H and O–H groups in total. The lowest BCUT2D eigenvalue weighted by Gasteiger charge is -2.26. The van der Waals surface area contributed by atoms with Gasteiger partial charge >= 0.3 is 6.01 Å². The van der Waals surface area contributed by atoms with Crippen molar-refractivity contribution in [2.24, 2.45) is 0 Å². The largest absolute Gasteiger partial charge is 0.467 e. The van der Waals surface area contributed by atoms with Crippen LogP contribution in [0.2, 0.25) is 5.02 Å². The zero-order valence-corrected chi connectivity index (χ0v) is 11.9. The Labute approximate surface area is 116 Å². The normalized spacial score (nSPS) is 16.6. The number of aromatic nitrogens is 2. The average Bonchev–Trinajstić information content (AvgIpc) is 2.42. The lowest BCUT2D eigenvalue weighted by molar-refractivity contribution is 0.314. The molecule has 0 atom stereocenters. The third-order valence-corrected chi connectivity index (χ3v) is 3.95. The van der Waals surface area contributed by atoms with Crippen molar-refractivity contribution in [1.82, 2.24) is 14.9 Å². The van der Waals surface area contributed by atoms with Crippen LogP contribution in [0.15, 0.2) is 6.20 Å². The number of halogens is 1. The second kappa shape index (κ2) is 7.01. The van der Waals surface area contributed by atoms with E-state index in [1.165, 1.54) is 11.5 Å². The predicted molar refractivity (Wildman–Crippen MR) is 75.8 cm³/mol. The highest BCUT2D eigenvalue weighted by molar-refractivity contribution is 7.99. The first-order chi connectivity index (χ1) is 8.79. The molecule has 100 valence electrons. The van der Waals surface area contributed by atoms with Gasteiger partial charge in [-0.05, 0) is 0 Å². The molecule has 0 aliphatic carbocycles. The Morgan fingerprint density at radius 1 is 1.50 bits per heavy atom. The van der Waals surface area contributed by atoms with Crippen molar-refractivity contribution in [2.45, 2.75) is 0 Å². The Kier molecular flexibility index (Phi) is 5.34. The van der Waals surface area contributed by atoms with Crippen LogP contribution in [0, 0.1) is 0 Å². The van der Waals surface area contributed by atoms with Gasteiger partial charge in [0, 0.05) is 37.7 Å². The van der Waals surface area contributed by atoms with Gasteiger partial charge in [-0.1, -0.05) is 11.6 Å². The van der Waals surface area contributed by atoms with E-state index in [9.17, 15) is 0 Å². The van der Waals surface area contributed by atoms with Crippen molar-refractivity contribution in [3.63, 3.8) is 0 Å². The predicted octanol–water partition coefficient (Wildman–Crippen LogP) is 1.60. The lowest BCUT2D eigenvalue weighted by Crippen LogP contribution is -2.36. The van der Waals surface area contributed by atoms with Crippen molar-refractivity contribution in [1.29, 1.82) is 0 Å². The molecule has 5 nitrogen and oxygen atoms in total. The number of hydrogen-bond acceptors (Lipinski definition) is 6. The van der Waals surface area contributed by atoms with E-state index in [4.69, 9.17) is 16.3 Å². The summed E-state index contributed by atoms with van der Waals surface area (Å²) >= 11 is 8.03. The van der Waals surface area contributed by atoms with E-state index in [2.05, 4.69) is 20.2 Å². The van der Waals surface area contributed by atoms with Crippen LogP contribution in [0.3, 0.4) is 0 Å². The molecule has 7 heteroatoms. The number of thioether (sulfide) groups is 1. The van der Waals surface area contributed by atoms with Gasteiger partial charge in [-0.15, -0.1) is 0 Å². The smallest absolute Gasteiger partial charge is 0.318 e. The molecule has 0 amide bonds. The molecule has 1 saturated heterocycles. The fourth-order valence-electron chi connectivity index (χ4n) is 1.73. The molecule has 0 unspecified atom stereocenters. The number of hydrogen-bond donors (Lipinski definition) is 1. The van der Waals surface area contributed by atoms with E-state index in [1.54, 1.807) is 13.3 Å².